The van der Waals surface area contributed by atoms with Gasteiger partial charge in [-0.25, -0.2) is 9.78 Å². The second kappa shape index (κ2) is 3.57. The average molecular weight is 203 g/mol. The topological polar surface area (TPSA) is 63.3 Å². The van der Waals surface area contributed by atoms with Crippen molar-refractivity contribution in [3.05, 3.63) is 42.1 Å². The molecule has 0 aliphatic rings. The quantitative estimate of drug-likeness (QED) is 0.813. The zero-order valence-corrected chi connectivity index (χ0v) is 8.10. The van der Waals surface area contributed by atoms with Crippen molar-refractivity contribution < 1.29 is 14.3 Å². The van der Waals surface area contributed by atoms with E-state index >= 15 is 0 Å². The van der Waals surface area contributed by atoms with Crippen molar-refractivity contribution in [1.29, 1.82) is 0 Å². The van der Waals surface area contributed by atoms with E-state index in [0.717, 1.165) is 11.1 Å². The molecule has 0 unspecified atom stereocenters. The normalized spacial score (nSPS) is 10.2. The number of rotatable bonds is 2. The first kappa shape index (κ1) is 9.45. The molecule has 0 radical (unpaired) electrons. The minimum atomic E-state index is -1.04. The molecule has 15 heavy (non-hydrogen) atoms. The molecule has 4 nitrogen and oxygen atoms in total. The van der Waals surface area contributed by atoms with Crippen molar-refractivity contribution in [2.45, 2.75) is 6.92 Å². The molecular formula is C11H9NO3. The van der Waals surface area contributed by atoms with Crippen molar-refractivity contribution in [1.82, 2.24) is 4.98 Å². The minimum Gasteiger partial charge on any atom is -0.476 e. The van der Waals surface area contributed by atoms with E-state index in [4.69, 9.17) is 9.52 Å². The van der Waals surface area contributed by atoms with Crippen molar-refractivity contribution in [2.24, 2.45) is 0 Å². The van der Waals surface area contributed by atoms with Gasteiger partial charge < -0.3 is 9.52 Å². The second-order valence-electron chi connectivity index (χ2n) is 3.17. The lowest BCUT2D eigenvalue weighted by Gasteiger charge is -2.02. The third kappa shape index (κ3) is 1.61. The fourth-order valence-corrected chi connectivity index (χ4v) is 1.43. The molecule has 0 saturated carbocycles. The molecule has 0 amide bonds. The number of carboxylic acids is 1. The molecule has 1 N–H and O–H groups in total. The van der Waals surface area contributed by atoms with E-state index in [1.165, 1.54) is 12.5 Å². The number of aromatic nitrogens is 1. The van der Waals surface area contributed by atoms with E-state index in [0.29, 0.717) is 5.56 Å². The average Bonchev–Trinajstić information content (AvgIpc) is 2.64. The van der Waals surface area contributed by atoms with Crippen LogP contribution in [-0.4, -0.2) is 16.1 Å². The molecule has 0 aliphatic heterocycles. The Labute approximate surface area is 86.2 Å². The van der Waals surface area contributed by atoms with Crippen LogP contribution in [0, 0.1) is 6.92 Å². The van der Waals surface area contributed by atoms with Crippen LogP contribution in [0.25, 0.3) is 11.1 Å². The van der Waals surface area contributed by atoms with Crippen LogP contribution in [0.5, 0.6) is 0 Å². The zero-order chi connectivity index (χ0) is 10.8. The smallest absolute Gasteiger partial charge is 0.355 e. The number of aromatic carboxylic acids is 1. The maximum atomic E-state index is 10.9. The van der Waals surface area contributed by atoms with Gasteiger partial charge in [-0.3, -0.25) is 0 Å². The van der Waals surface area contributed by atoms with Crippen LogP contribution in [0.2, 0.25) is 0 Å². The summed E-state index contributed by atoms with van der Waals surface area (Å²) in [7, 11) is 0. The van der Waals surface area contributed by atoms with E-state index in [9.17, 15) is 4.79 Å². The van der Waals surface area contributed by atoms with Crippen LogP contribution in [0.3, 0.4) is 0 Å². The van der Waals surface area contributed by atoms with Crippen molar-refractivity contribution >= 4 is 5.97 Å². The van der Waals surface area contributed by atoms with Gasteiger partial charge in [-0.05, 0) is 18.6 Å². The van der Waals surface area contributed by atoms with Gasteiger partial charge in [0, 0.05) is 17.3 Å². The highest BCUT2D eigenvalue weighted by molar-refractivity contribution is 5.94. The monoisotopic (exact) mass is 203 g/mol. The summed E-state index contributed by atoms with van der Waals surface area (Å²) < 4.78 is 5.01. The third-order valence-corrected chi connectivity index (χ3v) is 2.16. The zero-order valence-electron chi connectivity index (χ0n) is 8.10. The molecule has 4 heteroatoms. The highest BCUT2D eigenvalue weighted by atomic mass is 16.4. The molecule has 0 spiro atoms. The number of pyridine rings is 1. The Morgan fingerprint density at radius 3 is 2.80 bits per heavy atom. The Kier molecular flexibility index (Phi) is 2.25. The number of furan rings is 1. The van der Waals surface area contributed by atoms with E-state index in [2.05, 4.69) is 4.98 Å². The molecule has 0 saturated heterocycles. The lowest BCUT2D eigenvalue weighted by Crippen LogP contribution is -2.02. The summed E-state index contributed by atoms with van der Waals surface area (Å²) in [5.41, 5.74) is 2.28. The van der Waals surface area contributed by atoms with Crippen LogP contribution < -0.4 is 0 Å². The highest BCUT2D eigenvalue weighted by Crippen LogP contribution is 2.26. The van der Waals surface area contributed by atoms with E-state index in [-0.39, 0.29) is 5.69 Å². The van der Waals surface area contributed by atoms with Crippen molar-refractivity contribution in [3.8, 4) is 11.1 Å². The number of carboxylic acid groups (broad SMARTS) is 1. The summed E-state index contributed by atoms with van der Waals surface area (Å²) in [5.74, 6) is -1.04. The minimum absolute atomic E-state index is 0.0435. The summed E-state index contributed by atoms with van der Waals surface area (Å²) in [6, 6.07) is 3.42. The number of hydrogen-bond acceptors (Lipinski definition) is 3. The number of carbonyl (C=O) groups is 1. The van der Waals surface area contributed by atoms with E-state index in [1.807, 2.05) is 6.92 Å². The predicted molar refractivity (Wildman–Crippen MR) is 53.6 cm³/mol. The molecule has 0 atom stereocenters. The van der Waals surface area contributed by atoms with Crippen LogP contribution >= 0.6 is 0 Å². The van der Waals surface area contributed by atoms with Crippen LogP contribution in [0.1, 0.15) is 16.1 Å². The molecule has 2 aromatic rings. The maximum Gasteiger partial charge on any atom is 0.355 e. The number of hydrogen-bond donors (Lipinski definition) is 1. The van der Waals surface area contributed by atoms with Gasteiger partial charge in [0.25, 0.3) is 0 Å². The van der Waals surface area contributed by atoms with Crippen LogP contribution in [0.4, 0.5) is 0 Å². The largest absolute Gasteiger partial charge is 0.476 e. The fourth-order valence-electron chi connectivity index (χ4n) is 1.43. The SMILES string of the molecule is Cc1cocc1-c1cccnc1C(=O)O. The molecule has 2 rings (SSSR count). The maximum absolute atomic E-state index is 10.9. The molecule has 0 bridgehead atoms. The van der Waals surface area contributed by atoms with E-state index in [1.54, 1.807) is 18.4 Å². The van der Waals surface area contributed by atoms with Crippen LogP contribution in [0.15, 0.2) is 35.3 Å². The molecule has 0 fully saturated rings. The summed E-state index contributed by atoms with van der Waals surface area (Å²) in [5, 5.41) is 8.96. The number of nitrogens with zero attached hydrogens (tertiary/aromatic N) is 1. The predicted octanol–water partition coefficient (Wildman–Crippen LogP) is 2.35. The van der Waals surface area contributed by atoms with Gasteiger partial charge in [0.2, 0.25) is 0 Å². The summed E-state index contributed by atoms with van der Waals surface area (Å²) in [6.07, 6.45) is 4.56. The van der Waals surface area contributed by atoms with Crippen molar-refractivity contribution in [2.75, 3.05) is 0 Å². The van der Waals surface area contributed by atoms with Crippen molar-refractivity contribution in [3.63, 3.8) is 0 Å². The number of aryl methyl sites for hydroxylation is 1. The molecular weight excluding hydrogens is 194 g/mol. The lowest BCUT2D eigenvalue weighted by molar-refractivity contribution is 0.0691. The Balaban J connectivity index is 2.63. The Bertz CT molecular complexity index is 502. The lowest BCUT2D eigenvalue weighted by atomic mass is 10.0. The van der Waals surface area contributed by atoms with Gasteiger partial charge in [0.1, 0.15) is 0 Å². The van der Waals surface area contributed by atoms with Gasteiger partial charge in [-0.1, -0.05) is 6.07 Å². The van der Waals surface area contributed by atoms with Gasteiger partial charge in [0.15, 0.2) is 5.69 Å². The third-order valence-electron chi connectivity index (χ3n) is 2.16. The Hall–Kier alpha value is -2.10. The van der Waals surface area contributed by atoms with Gasteiger partial charge >= 0.3 is 5.97 Å². The molecule has 76 valence electrons. The van der Waals surface area contributed by atoms with Gasteiger partial charge in [0.05, 0.1) is 12.5 Å². The molecule has 2 heterocycles. The highest BCUT2D eigenvalue weighted by Gasteiger charge is 2.14. The fraction of sp³-hybridized carbons (Fsp3) is 0.0909. The second-order valence-corrected chi connectivity index (χ2v) is 3.17. The van der Waals surface area contributed by atoms with Gasteiger partial charge in [-0.15, -0.1) is 0 Å². The Morgan fingerprint density at radius 1 is 1.40 bits per heavy atom. The van der Waals surface area contributed by atoms with Crippen LogP contribution in [-0.2, 0) is 0 Å². The Morgan fingerprint density at radius 2 is 2.20 bits per heavy atom. The first-order valence-corrected chi connectivity index (χ1v) is 4.41. The first-order chi connectivity index (χ1) is 7.20. The van der Waals surface area contributed by atoms with E-state index < -0.39 is 5.97 Å². The van der Waals surface area contributed by atoms with Gasteiger partial charge in [-0.2, -0.15) is 0 Å². The molecule has 2 aromatic heterocycles. The molecule has 0 aliphatic carbocycles. The molecule has 0 aromatic carbocycles. The summed E-state index contributed by atoms with van der Waals surface area (Å²) in [4.78, 5) is 14.8. The first-order valence-electron chi connectivity index (χ1n) is 4.41. The summed E-state index contributed by atoms with van der Waals surface area (Å²) >= 11 is 0. The summed E-state index contributed by atoms with van der Waals surface area (Å²) in [6.45, 7) is 1.86. The standard InChI is InChI=1S/C11H9NO3/c1-7-5-15-6-9(7)8-3-2-4-12-10(8)11(13)14/h2-6H,1H3,(H,13,14).